The zero-order valence-electron chi connectivity index (χ0n) is 20.4. The van der Waals surface area contributed by atoms with Gasteiger partial charge in [0.2, 0.25) is 5.91 Å². The monoisotopic (exact) mass is 518 g/mol. The topological polar surface area (TPSA) is 98.8 Å². The van der Waals surface area contributed by atoms with Crippen LogP contribution in [0.4, 0.5) is 0 Å². The molecule has 0 saturated carbocycles. The van der Waals surface area contributed by atoms with E-state index < -0.39 is 5.97 Å². The summed E-state index contributed by atoms with van der Waals surface area (Å²) in [5.74, 6) is -0.192. The lowest BCUT2D eigenvalue weighted by Crippen LogP contribution is -2.48. The molecule has 0 aliphatic carbocycles. The number of rotatable bonds is 7. The standard InChI is InChI=1S/C28H27ClN4O4/c1-37-25-7-2-18(17-32-10-12-33(13-11-32)26(34)16-29)14-23(25)24-15-22-21(8-9-30-27(22)31-24)19-3-5-20(6-4-19)28(35)36/h2-9,14-15H,10-13,16-17H2,1H3,(H,30,31)(H,35,36). The second-order valence-corrected chi connectivity index (χ2v) is 9.28. The van der Waals surface area contributed by atoms with Crippen LogP contribution in [0.5, 0.6) is 5.75 Å². The number of alkyl halides is 1. The molecule has 190 valence electrons. The van der Waals surface area contributed by atoms with Gasteiger partial charge in [0, 0.05) is 49.9 Å². The van der Waals surface area contributed by atoms with Gasteiger partial charge in [-0.2, -0.15) is 0 Å². The number of H-pyrrole nitrogens is 1. The van der Waals surface area contributed by atoms with Gasteiger partial charge < -0.3 is 19.7 Å². The van der Waals surface area contributed by atoms with Crippen molar-refractivity contribution in [3.63, 3.8) is 0 Å². The van der Waals surface area contributed by atoms with Crippen LogP contribution < -0.4 is 4.74 Å². The van der Waals surface area contributed by atoms with E-state index in [1.807, 2.05) is 29.2 Å². The molecule has 1 amide bonds. The lowest BCUT2D eigenvalue weighted by molar-refractivity contribution is -0.130. The van der Waals surface area contributed by atoms with Crippen molar-refractivity contribution in [1.29, 1.82) is 0 Å². The molecule has 1 fully saturated rings. The highest BCUT2D eigenvalue weighted by Gasteiger charge is 2.21. The molecule has 2 aromatic heterocycles. The number of fused-ring (bicyclic) bond motifs is 1. The predicted octanol–water partition coefficient (Wildman–Crippen LogP) is 4.49. The minimum Gasteiger partial charge on any atom is -0.496 e. The number of aromatic amines is 1. The van der Waals surface area contributed by atoms with E-state index in [-0.39, 0.29) is 17.4 Å². The van der Waals surface area contributed by atoms with E-state index in [1.165, 1.54) is 0 Å². The van der Waals surface area contributed by atoms with E-state index in [9.17, 15) is 14.7 Å². The fourth-order valence-electron chi connectivity index (χ4n) is 4.78. The van der Waals surface area contributed by atoms with Crippen molar-refractivity contribution in [2.75, 3.05) is 39.2 Å². The van der Waals surface area contributed by atoms with Crippen molar-refractivity contribution in [1.82, 2.24) is 19.8 Å². The third-order valence-corrected chi connectivity index (χ3v) is 7.00. The first-order valence-corrected chi connectivity index (χ1v) is 12.5. The highest BCUT2D eigenvalue weighted by molar-refractivity contribution is 6.27. The number of pyridine rings is 1. The molecule has 0 radical (unpaired) electrons. The molecule has 8 nitrogen and oxygen atoms in total. The number of methoxy groups -OCH3 is 1. The summed E-state index contributed by atoms with van der Waals surface area (Å²) in [6.07, 6.45) is 1.74. The van der Waals surface area contributed by atoms with Gasteiger partial charge >= 0.3 is 5.97 Å². The molecule has 1 aliphatic rings. The maximum absolute atomic E-state index is 11.9. The van der Waals surface area contributed by atoms with Crippen molar-refractivity contribution in [2.45, 2.75) is 6.54 Å². The van der Waals surface area contributed by atoms with Crippen LogP contribution in [0.25, 0.3) is 33.4 Å². The van der Waals surface area contributed by atoms with Gasteiger partial charge in [-0.15, -0.1) is 11.6 Å². The maximum Gasteiger partial charge on any atom is 0.335 e. The number of carboxylic acids is 1. The predicted molar refractivity (Wildman–Crippen MR) is 143 cm³/mol. The van der Waals surface area contributed by atoms with E-state index in [0.717, 1.165) is 64.4 Å². The van der Waals surface area contributed by atoms with Crippen LogP contribution >= 0.6 is 11.6 Å². The van der Waals surface area contributed by atoms with Crippen LogP contribution in [0.15, 0.2) is 60.8 Å². The molecule has 2 aromatic carbocycles. The van der Waals surface area contributed by atoms with Crippen LogP contribution in [0.1, 0.15) is 15.9 Å². The van der Waals surface area contributed by atoms with Gasteiger partial charge in [0.1, 0.15) is 17.3 Å². The smallest absolute Gasteiger partial charge is 0.335 e. The third kappa shape index (κ3) is 5.16. The van der Waals surface area contributed by atoms with Gasteiger partial charge in [-0.05, 0) is 53.1 Å². The minimum absolute atomic E-state index is 0.0160. The zero-order valence-corrected chi connectivity index (χ0v) is 21.2. The number of carboxylic acid groups (broad SMARTS) is 1. The average molecular weight is 519 g/mol. The second-order valence-electron chi connectivity index (χ2n) is 9.01. The number of halogens is 1. The van der Waals surface area contributed by atoms with Crippen molar-refractivity contribution >= 4 is 34.5 Å². The Morgan fingerprint density at radius 2 is 1.78 bits per heavy atom. The van der Waals surface area contributed by atoms with Crippen LogP contribution in [0, 0.1) is 0 Å². The van der Waals surface area contributed by atoms with Gasteiger partial charge in [0.25, 0.3) is 0 Å². The van der Waals surface area contributed by atoms with Crippen molar-refractivity contribution < 1.29 is 19.4 Å². The van der Waals surface area contributed by atoms with Crippen molar-refractivity contribution in [2.24, 2.45) is 0 Å². The van der Waals surface area contributed by atoms with Gasteiger partial charge in [0.05, 0.1) is 18.4 Å². The summed E-state index contributed by atoms with van der Waals surface area (Å²) in [5, 5.41) is 10.2. The normalized spacial score (nSPS) is 14.2. The first-order chi connectivity index (χ1) is 18.0. The average Bonchev–Trinajstić information content (AvgIpc) is 3.37. The Balaban J connectivity index is 1.43. The molecule has 0 spiro atoms. The van der Waals surface area contributed by atoms with Crippen molar-refractivity contribution in [3.05, 3.63) is 71.9 Å². The Kier molecular flexibility index (Phi) is 7.12. The Hall–Kier alpha value is -3.88. The number of aromatic carboxylic acids is 1. The Morgan fingerprint density at radius 1 is 1.03 bits per heavy atom. The number of hydrogen-bond acceptors (Lipinski definition) is 5. The second kappa shape index (κ2) is 10.6. The number of nitrogens with one attached hydrogen (secondary N) is 1. The molecule has 0 bridgehead atoms. The molecule has 2 N–H and O–H groups in total. The van der Waals surface area contributed by atoms with Crippen LogP contribution in [0.2, 0.25) is 0 Å². The van der Waals surface area contributed by atoms with Crippen molar-refractivity contribution in [3.8, 4) is 28.1 Å². The molecule has 4 aromatic rings. The molecule has 0 unspecified atom stereocenters. The molecule has 3 heterocycles. The highest BCUT2D eigenvalue weighted by atomic mass is 35.5. The van der Waals surface area contributed by atoms with E-state index in [0.29, 0.717) is 13.1 Å². The van der Waals surface area contributed by atoms with E-state index in [1.54, 1.807) is 25.4 Å². The van der Waals surface area contributed by atoms with Gasteiger partial charge in [-0.1, -0.05) is 18.2 Å². The highest BCUT2D eigenvalue weighted by Crippen LogP contribution is 2.36. The zero-order chi connectivity index (χ0) is 25.9. The Labute approximate surface area is 219 Å². The number of amides is 1. The number of nitrogens with zero attached hydrogens (tertiary/aromatic N) is 3. The van der Waals surface area contributed by atoms with E-state index in [2.05, 4.69) is 33.1 Å². The molecule has 1 aliphatic heterocycles. The molecule has 1 saturated heterocycles. The van der Waals surface area contributed by atoms with E-state index >= 15 is 0 Å². The third-order valence-electron chi connectivity index (χ3n) is 6.77. The summed E-state index contributed by atoms with van der Waals surface area (Å²) in [6.45, 7) is 3.71. The Morgan fingerprint density at radius 3 is 2.46 bits per heavy atom. The number of carbonyl (C=O) groups excluding carboxylic acids is 1. The molecule has 5 rings (SSSR count). The first kappa shape index (κ1) is 24.8. The lowest BCUT2D eigenvalue weighted by atomic mass is 10.0. The summed E-state index contributed by atoms with van der Waals surface area (Å²) < 4.78 is 5.68. The number of aromatic nitrogens is 2. The van der Waals surface area contributed by atoms with Gasteiger partial charge in [-0.25, -0.2) is 9.78 Å². The van der Waals surface area contributed by atoms with Crippen LogP contribution in [-0.2, 0) is 11.3 Å². The summed E-state index contributed by atoms with van der Waals surface area (Å²) in [4.78, 5) is 35.2. The number of piperazine rings is 1. The lowest BCUT2D eigenvalue weighted by Gasteiger charge is -2.34. The molecular weight excluding hydrogens is 492 g/mol. The van der Waals surface area contributed by atoms with E-state index in [4.69, 9.17) is 16.3 Å². The summed E-state index contributed by atoms with van der Waals surface area (Å²) in [7, 11) is 1.65. The molecule has 37 heavy (non-hydrogen) atoms. The molecular formula is C28H27ClN4O4. The summed E-state index contributed by atoms with van der Waals surface area (Å²) >= 11 is 5.70. The number of benzene rings is 2. The quantitative estimate of drug-likeness (QED) is 0.350. The maximum atomic E-state index is 11.9. The Bertz CT molecular complexity index is 1440. The number of ether oxygens (including phenoxy) is 1. The minimum atomic E-state index is -0.951. The molecule has 0 atom stereocenters. The SMILES string of the molecule is COc1ccc(CN2CCN(C(=O)CCl)CC2)cc1-c1cc2c(-c3ccc(C(=O)O)cc3)ccnc2[nH]1. The molecule has 9 heteroatoms. The number of hydrogen-bond donors (Lipinski definition) is 2. The van der Waals surface area contributed by atoms with Gasteiger partial charge in [-0.3, -0.25) is 9.69 Å². The summed E-state index contributed by atoms with van der Waals surface area (Å²) in [6, 6.07) is 17.0. The number of carbonyl (C=O) groups is 2. The fraction of sp³-hybridized carbons (Fsp3) is 0.250. The first-order valence-electron chi connectivity index (χ1n) is 12.0. The van der Waals surface area contributed by atoms with Crippen LogP contribution in [-0.4, -0.2) is 75.9 Å². The van der Waals surface area contributed by atoms with Gasteiger partial charge in [0.15, 0.2) is 0 Å². The summed E-state index contributed by atoms with van der Waals surface area (Å²) in [5.41, 5.74) is 5.82. The fourth-order valence-corrected chi connectivity index (χ4v) is 4.95. The largest absolute Gasteiger partial charge is 0.496 e. The van der Waals surface area contributed by atoms with Crippen LogP contribution in [0.3, 0.4) is 0 Å².